The van der Waals surface area contributed by atoms with Gasteiger partial charge in [-0.3, -0.25) is 4.98 Å². The van der Waals surface area contributed by atoms with E-state index in [1.165, 1.54) is 12.3 Å². The van der Waals surface area contributed by atoms with Crippen molar-refractivity contribution in [2.45, 2.75) is 6.10 Å². The van der Waals surface area contributed by atoms with Gasteiger partial charge in [0.1, 0.15) is 11.9 Å². The zero-order valence-corrected chi connectivity index (χ0v) is 6.32. The Morgan fingerprint density at radius 2 is 2.50 bits per heavy atom. The Labute approximate surface area is 68.6 Å². The van der Waals surface area contributed by atoms with Gasteiger partial charge in [-0.05, 0) is 0 Å². The lowest BCUT2D eigenvalue weighted by molar-refractivity contribution is 0.229. The molecule has 1 atom stereocenters. The second kappa shape index (κ2) is 3.19. The molecule has 0 spiro atoms. The van der Waals surface area contributed by atoms with Crippen molar-refractivity contribution in [3.63, 3.8) is 0 Å². The Kier molecular flexibility index (Phi) is 2.25. The molecule has 1 rings (SSSR count). The van der Waals surface area contributed by atoms with E-state index in [0.717, 1.165) is 0 Å². The summed E-state index contributed by atoms with van der Waals surface area (Å²) in [6.45, 7) is 3.38. The Morgan fingerprint density at radius 1 is 1.83 bits per heavy atom. The molecule has 5 nitrogen and oxygen atoms in total. The van der Waals surface area contributed by atoms with E-state index in [9.17, 15) is 9.90 Å². The lowest BCUT2D eigenvalue weighted by atomic mass is 10.2. The largest absolute Gasteiger partial charge is 0.385 e. The van der Waals surface area contributed by atoms with Crippen LogP contribution in [0.2, 0.25) is 0 Å². The van der Waals surface area contributed by atoms with Crippen molar-refractivity contribution in [3.8, 4) is 0 Å². The molecule has 5 heteroatoms. The van der Waals surface area contributed by atoms with Crippen LogP contribution in [0.4, 0.5) is 5.82 Å². The van der Waals surface area contributed by atoms with E-state index in [0.29, 0.717) is 5.56 Å². The van der Waals surface area contributed by atoms with E-state index in [4.69, 9.17) is 5.73 Å². The highest BCUT2D eigenvalue weighted by Gasteiger charge is 2.07. The number of hydrogen-bond donors (Lipinski definition) is 3. The van der Waals surface area contributed by atoms with E-state index in [-0.39, 0.29) is 5.82 Å². The molecule has 1 heterocycles. The van der Waals surface area contributed by atoms with Gasteiger partial charge in [0.25, 0.3) is 0 Å². The van der Waals surface area contributed by atoms with E-state index < -0.39 is 11.8 Å². The topological polar surface area (TPSA) is 92.0 Å². The predicted molar refractivity (Wildman–Crippen MR) is 44.4 cm³/mol. The molecule has 0 aliphatic heterocycles. The van der Waals surface area contributed by atoms with Crippen LogP contribution in [0.15, 0.2) is 23.6 Å². The summed E-state index contributed by atoms with van der Waals surface area (Å²) in [5.41, 5.74) is 5.21. The summed E-state index contributed by atoms with van der Waals surface area (Å²) >= 11 is 0. The molecule has 1 unspecified atom stereocenters. The van der Waals surface area contributed by atoms with Crippen LogP contribution < -0.4 is 11.4 Å². The number of nitrogen functional groups attached to an aromatic ring is 1. The van der Waals surface area contributed by atoms with Crippen LogP contribution in [0.25, 0.3) is 0 Å². The Bertz CT molecular complexity index is 345. The van der Waals surface area contributed by atoms with Gasteiger partial charge >= 0.3 is 5.69 Å². The second-order valence-electron chi connectivity index (χ2n) is 2.24. The molecular formula is C7H9N3O2. The number of hydrogen-bond acceptors (Lipinski definition) is 4. The molecule has 0 aliphatic carbocycles. The minimum absolute atomic E-state index is 0.113. The van der Waals surface area contributed by atoms with E-state index in [1.807, 2.05) is 0 Å². The number of anilines is 1. The molecule has 12 heavy (non-hydrogen) atoms. The van der Waals surface area contributed by atoms with Gasteiger partial charge in [0.05, 0.1) is 0 Å². The lowest BCUT2D eigenvalue weighted by Crippen LogP contribution is -2.15. The van der Waals surface area contributed by atoms with Crippen LogP contribution >= 0.6 is 0 Å². The fourth-order valence-corrected chi connectivity index (χ4v) is 0.780. The SMILES string of the molecule is C=CC(O)c1cnc(=O)[nH]c1N. The van der Waals surface area contributed by atoms with E-state index in [2.05, 4.69) is 16.5 Å². The highest BCUT2D eigenvalue weighted by Crippen LogP contribution is 2.15. The van der Waals surface area contributed by atoms with Gasteiger partial charge in [-0.25, -0.2) is 9.78 Å². The van der Waals surface area contributed by atoms with Crippen LogP contribution in [0, 0.1) is 0 Å². The van der Waals surface area contributed by atoms with Gasteiger partial charge in [-0.1, -0.05) is 6.08 Å². The first kappa shape index (κ1) is 8.48. The fourth-order valence-electron chi connectivity index (χ4n) is 0.780. The molecular weight excluding hydrogens is 158 g/mol. The first-order chi connectivity index (χ1) is 5.65. The van der Waals surface area contributed by atoms with Gasteiger partial charge < -0.3 is 10.8 Å². The third-order valence-electron chi connectivity index (χ3n) is 1.42. The normalized spacial score (nSPS) is 12.4. The number of nitrogens with one attached hydrogen (secondary N) is 1. The number of aromatic nitrogens is 2. The van der Waals surface area contributed by atoms with Gasteiger partial charge in [0.15, 0.2) is 0 Å². The zero-order chi connectivity index (χ0) is 9.14. The molecule has 0 saturated heterocycles. The standard InChI is InChI=1S/C7H9N3O2/c1-2-5(11)4-3-9-7(12)10-6(4)8/h2-3,5,11H,1H2,(H3,8,9,10,12). The lowest BCUT2D eigenvalue weighted by Gasteiger charge is -2.06. The van der Waals surface area contributed by atoms with Crippen molar-refractivity contribution in [1.82, 2.24) is 9.97 Å². The number of aliphatic hydroxyl groups is 1. The van der Waals surface area contributed by atoms with Crippen molar-refractivity contribution >= 4 is 5.82 Å². The summed E-state index contributed by atoms with van der Waals surface area (Å²) in [4.78, 5) is 16.3. The number of aromatic amines is 1. The number of nitrogens with zero attached hydrogens (tertiary/aromatic N) is 1. The fraction of sp³-hybridized carbons (Fsp3) is 0.143. The van der Waals surface area contributed by atoms with Crippen molar-refractivity contribution in [2.75, 3.05) is 5.73 Å². The minimum Gasteiger partial charge on any atom is -0.385 e. The number of aliphatic hydroxyl groups excluding tert-OH is 1. The average Bonchev–Trinajstić information content (AvgIpc) is 2.03. The highest BCUT2D eigenvalue weighted by atomic mass is 16.3. The van der Waals surface area contributed by atoms with Crippen molar-refractivity contribution in [1.29, 1.82) is 0 Å². The Balaban J connectivity index is 3.17. The van der Waals surface area contributed by atoms with Crippen LogP contribution in [0.3, 0.4) is 0 Å². The van der Waals surface area contributed by atoms with Crippen molar-refractivity contribution in [2.24, 2.45) is 0 Å². The maximum atomic E-state index is 10.6. The molecule has 64 valence electrons. The molecule has 0 amide bonds. The first-order valence-electron chi connectivity index (χ1n) is 3.30. The maximum absolute atomic E-state index is 10.6. The van der Waals surface area contributed by atoms with Gasteiger partial charge in [-0.2, -0.15) is 0 Å². The number of nitrogens with two attached hydrogens (primary N) is 1. The first-order valence-corrected chi connectivity index (χ1v) is 3.30. The van der Waals surface area contributed by atoms with Crippen LogP contribution in [0.1, 0.15) is 11.7 Å². The monoisotopic (exact) mass is 167 g/mol. The summed E-state index contributed by atoms with van der Waals surface area (Å²) in [6, 6.07) is 0. The molecule has 0 saturated carbocycles. The number of H-pyrrole nitrogens is 1. The molecule has 4 N–H and O–H groups in total. The van der Waals surface area contributed by atoms with E-state index >= 15 is 0 Å². The molecule has 0 aromatic carbocycles. The minimum atomic E-state index is -0.894. The summed E-state index contributed by atoms with van der Waals surface area (Å²) in [5, 5.41) is 9.24. The third-order valence-corrected chi connectivity index (χ3v) is 1.42. The smallest absolute Gasteiger partial charge is 0.346 e. The molecule has 1 aromatic rings. The molecule has 0 aliphatic rings. The quantitative estimate of drug-likeness (QED) is 0.521. The van der Waals surface area contributed by atoms with E-state index in [1.54, 1.807) is 0 Å². The molecule has 0 radical (unpaired) electrons. The van der Waals surface area contributed by atoms with Gasteiger partial charge in [0.2, 0.25) is 0 Å². The summed E-state index contributed by atoms with van der Waals surface area (Å²) in [6.07, 6.45) is 1.63. The third kappa shape index (κ3) is 1.51. The average molecular weight is 167 g/mol. The summed E-state index contributed by atoms with van der Waals surface area (Å²) in [5.74, 6) is 0.113. The van der Waals surface area contributed by atoms with Gasteiger partial charge in [0, 0.05) is 11.8 Å². The van der Waals surface area contributed by atoms with Crippen molar-refractivity contribution in [3.05, 3.63) is 34.9 Å². The van der Waals surface area contributed by atoms with Crippen molar-refractivity contribution < 1.29 is 5.11 Å². The summed E-state index contributed by atoms with van der Waals surface area (Å²) in [7, 11) is 0. The Morgan fingerprint density at radius 3 is 3.00 bits per heavy atom. The number of rotatable bonds is 2. The molecule has 0 bridgehead atoms. The Hall–Kier alpha value is -1.62. The van der Waals surface area contributed by atoms with Crippen LogP contribution in [-0.4, -0.2) is 15.1 Å². The summed E-state index contributed by atoms with van der Waals surface area (Å²) < 4.78 is 0. The zero-order valence-electron chi connectivity index (χ0n) is 6.32. The maximum Gasteiger partial charge on any atom is 0.346 e. The highest BCUT2D eigenvalue weighted by molar-refractivity contribution is 5.39. The molecule has 1 aromatic heterocycles. The predicted octanol–water partition coefficient (Wildman–Crippen LogP) is -0.429. The van der Waals surface area contributed by atoms with Gasteiger partial charge in [-0.15, -0.1) is 6.58 Å². The van der Waals surface area contributed by atoms with Crippen LogP contribution in [-0.2, 0) is 0 Å². The molecule has 0 fully saturated rings. The second-order valence-corrected chi connectivity index (χ2v) is 2.24. The van der Waals surface area contributed by atoms with Crippen LogP contribution in [0.5, 0.6) is 0 Å².